The van der Waals surface area contributed by atoms with Gasteiger partial charge in [-0.3, -0.25) is 4.57 Å². The first kappa shape index (κ1) is 17.2. The van der Waals surface area contributed by atoms with Crippen molar-refractivity contribution < 1.29 is 14.2 Å². The standard InChI is InChI=1S/C18H19N3O3S/c1-22-15-6-4-5-14(10-15)21-12-19-20-18(21)25-11-13-9-16(23-2)7-8-17(13)24-3/h4-10,12H,11H2,1-3H3. The van der Waals surface area contributed by atoms with Crippen LogP contribution in [0.15, 0.2) is 53.9 Å². The van der Waals surface area contributed by atoms with Gasteiger partial charge in [-0.25, -0.2) is 0 Å². The van der Waals surface area contributed by atoms with Crippen molar-refractivity contribution in [3.05, 3.63) is 54.4 Å². The Balaban J connectivity index is 1.82. The van der Waals surface area contributed by atoms with Crippen molar-refractivity contribution in [2.24, 2.45) is 0 Å². The van der Waals surface area contributed by atoms with E-state index in [1.54, 1.807) is 39.4 Å². The lowest BCUT2D eigenvalue weighted by molar-refractivity contribution is 0.400. The van der Waals surface area contributed by atoms with E-state index in [1.165, 1.54) is 0 Å². The van der Waals surface area contributed by atoms with E-state index in [-0.39, 0.29) is 0 Å². The summed E-state index contributed by atoms with van der Waals surface area (Å²) < 4.78 is 17.9. The van der Waals surface area contributed by atoms with Gasteiger partial charge in [-0.2, -0.15) is 0 Å². The lowest BCUT2D eigenvalue weighted by Crippen LogP contribution is -1.97. The molecule has 2 aromatic carbocycles. The highest BCUT2D eigenvalue weighted by Crippen LogP contribution is 2.31. The fourth-order valence-electron chi connectivity index (χ4n) is 2.40. The summed E-state index contributed by atoms with van der Waals surface area (Å²) in [6, 6.07) is 13.5. The van der Waals surface area contributed by atoms with Crippen LogP contribution in [0.2, 0.25) is 0 Å². The Morgan fingerprint density at radius 2 is 1.76 bits per heavy atom. The number of nitrogens with zero attached hydrogens (tertiary/aromatic N) is 3. The molecule has 7 heteroatoms. The number of hydrogen-bond donors (Lipinski definition) is 0. The predicted octanol–water partition coefficient (Wildman–Crippen LogP) is 3.59. The molecule has 0 saturated carbocycles. The van der Waals surface area contributed by atoms with E-state index < -0.39 is 0 Å². The number of aromatic nitrogens is 3. The quantitative estimate of drug-likeness (QED) is 0.602. The molecule has 0 unspecified atom stereocenters. The zero-order valence-electron chi connectivity index (χ0n) is 14.3. The van der Waals surface area contributed by atoms with E-state index >= 15 is 0 Å². The Bertz CT molecular complexity index is 851. The summed E-state index contributed by atoms with van der Waals surface area (Å²) in [5.74, 6) is 3.09. The van der Waals surface area contributed by atoms with E-state index in [2.05, 4.69) is 10.2 Å². The molecule has 0 bridgehead atoms. The Hall–Kier alpha value is -2.67. The van der Waals surface area contributed by atoms with Crippen molar-refractivity contribution >= 4 is 11.8 Å². The molecule has 0 radical (unpaired) electrons. The fraction of sp³-hybridized carbons (Fsp3) is 0.222. The third-order valence-electron chi connectivity index (χ3n) is 3.69. The molecular formula is C18H19N3O3S. The average Bonchev–Trinajstić information content (AvgIpc) is 3.14. The summed E-state index contributed by atoms with van der Waals surface area (Å²) in [6.45, 7) is 0. The summed E-state index contributed by atoms with van der Waals surface area (Å²) in [5, 5.41) is 9.05. The molecule has 1 heterocycles. The van der Waals surface area contributed by atoms with Gasteiger partial charge >= 0.3 is 0 Å². The average molecular weight is 357 g/mol. The van der Waals surface area contributed by atoms with Crippen LogP contribution in [-0.4, -0.2) is 36.1 Å². The summed E-state index contributed by atoms with van der Waals surface area (Å²) >= 11 is 1.58. The second kappa shape index (κ2) is 7.94. The van der Waals surface area contributed by atoms with E-state index in [0.717, 1.165) is 33.7 Å². The van der Waals surface area contributed by atoms with Gasteiger partial charge in [-0.05, 0) is 30.3 Å². The summed E-state index contributed by atoms with van der Waals surface area (Å²) in [6.07, 6.45) is 1.69. The van der Waals surface area contributed by atoms with Gasteiger partial charge in [0.2, 0.25) is 0 Å². The van der Waals surface area contributed by atoms with Crippen LogP contribution < -0.4 is 14.2 Å². The summed E-state index contributed by atoms with van der Waals surface area (Å²) in [5.41, 5.74) is 1.98. The molecule has 0 fully saturated rings. The topological polar surface area (TPSA) is 58.4 Å². The maximum atomic E-state index is 5.43. The minimum atomic E-state index is 0.684. The van der Waals surface area contributed by atoms with Crippen LogP contribution >= 0.6 is 11.8 Å². The lowest BCUT2D eigenvalue weighted by atomic mass is 10.2. The van der Waals surface area contributed by atoms with E-state index in [1.807, 2.05) is 47.0 Å². The van der Waals surface area contributed by atoms with Gasteiger partial charge in [0.05, 0.1) is 27.0 Å². The number of hydrogen-bond acceptors (Lipinski definition) is 6. The van der Waals surface area contributed by atoms with E-state index in [0.29, 0.717) is 5.75 Å². The molecule has 0 aliphatic rings. The SMILES string of the molecule is COc1cccc(-n2cnnc2SCc2cc(OC)ccc2OC)c1. The van der Waals surface area contributed by atoms with Crippen molar-refractivity contribution in [1.82, 2.24) is 14.8 Å². The van der Waals surface area contributed by atoms with Crippen LogP contribution in [0.4, 0.5) is 0 Å². The molecule has 3 rings (SSSR count). The van der Waals surface area contributed by atoms with Crippen LogP contribution in [0, 0.1) is 0 Å². The van der Waals surface area contributed by atoms with Crippen LogP contribution in [0.25, 0.3) is 5.69 Å². The maximum Gasteiger partial charge on any atom is 0.195 e. The zero-order chi connectivity index (χ0) is 17.6. The largest absolute Gasteiger partial charge is 0.497 e. The molecule has 0 amide bonds. The highest BCUT2D eigenvalue weighted by atomic mass is 32.2. The third kappa shape index (κ3) is 3.88. The van der Waals surface area contributed by atoms with Crippen molar-refractivity contribution in [2.45, 2.75) is 10.9 Å². The molecule has 0 atom stereocenters. The molecule has 6 nitrogen and oxygen atoms in total. The number of thioether (sulfide) groups is 1. The van der Waals surface area contributed by atoms with Crippen molar-refractivity contribution in [3.63, 3.8) is 0 Å². The van der Waals surface area contributed by atoms with Gasteiger partial charge in [-0.1, -0.05) is 17.8 Å². The monoisotopic (exact) mass is 357 g/mol. The van der Waals surface area contributed by atoms with Gasteiger partial charge < -0.3 is 14.2 Å². The van der Waals surface area contributed by atoms with Gasteiger partial charge in [-0.15, -0.1) is 10.2 Å². The smallest absolute Gasteiger partial charge is 0.195 e. The predicted molar refractivity (Wildman–Crippen MR) is 97.0 cm³/mol. The molecule has 0 aliphatic heterocycles. The minimum absolute atomic E-state index is 0.684. The minimum Gasteiger partial charge on any atom is -0.497 e. The molecule has 0 saturated heterocycles. The Labute approximate surface area is 150 Å². The molecule has 3 aromatic rings. The number of benzene rings is 2. The van der Waals surface area contributed by atoms with Crippen LogP contribution in [0.1, 0.15) is 5.56 Å². The molecule has 0 N–H and O–H groups in total. The fourth-order valence-corrected chi connectivity index (χ4v) is 3.30. The molecular weight excluding hydrogens is 338 g/mol. The van der Waals surface area contributed by atoms with Crippen molar-refractivity contribution in [2.75, 3.05) is 21.3 Å². The van der Waals surface area contributed by atoms with Crippen molar-refractivity contribution in [1.29, 1.82) is 0 Å². The van der Waals surface area contributed by atoms with Gasteiger partial charge in [0.1, 0.15) is 23.6 Å². The summed E-state index contributed by atoms with van der Waals surface area (Å²) in [4.78, 5) is 0. The Morgan fingerprint density at radius 3 is 2.52 bits per heavy atom. The second-order valence-electron chi connectivity index (χ2n) is 5.15. The Morgan fingerprint density at radius 1 is 0.960 bits per heavy atom. The lowest BCUT2D eigenvalue weighted by Gasteiger charge is -2.11. The van der Waals surface area contributed by atoms with Crippen LogP contribution in [-0.2, 0) is 5.75 Å². The summed E-state index contributed by atoms with van der Waals surface area (Å²) in [7, 11) is 4.96. The van der Waals surface area contributed by atoms with E-state index in [4.69, 9.17) is 14.2 Å². The number of methoxy groups -OCH3 is 3. The van der Waals surface area contributed by atoms with Gasteiger partial charge in [0, 0.05) is 17.4 Å². The molecule has 0 spiro atoms. The number of ether oxygens (including phenoxy) is 3. The number of rotatable bonds is 7. The second-order valence-corrected chi connectivity index (χ2v) is 6.09. The molecule has 0 aliphatic carbocycles. The first-order chi connectivity index (χ1) is 12.2. The van der Waals surface area contributed by atoms with Gasteiger partial charge in [0.15, 0.2) is 5.16 Å². The first-order valence-corrected chi connectivity index (χ1v) is 8.62. The molecule has 25 heavy (non-hydrogen) atoms. The van der Waals surface area contributed by atoms with Crippen LogP contribution in [0.5, 0.6) is 17.2 Å². The highest BCUT2D eigenvalue weighted by molar-refractivity contribution is 7.98. The molecule has 130 valence electrons. The highest BCUT2D eigenvalue weighted by Gasteiger charge is 2.11. The normalized spacial score (nSPS) is 10.5. The molecule has 1 aromatic heterocycles. The van der Waals surface area contributed by atoms with E-state index in [9.17, 15) is 0 Å². The maximum absolute atomic E-state index is 5.43. The zero-order valence-corrected chi connectivity index (χ0v) is 15.1. The van der Waals surface area contributed by atoms with Crippen molar-refractivity contribution in [3.8, 4) is 22.9 Å². The van der Waals surface area contributed by atoms with Gasteiger partial charge in [0.25, 0.3) is 0 Å². The first-order valence-electron chi connectivity index (χ1n) is 7.63. The van der Waals surface area contributed by atoms with Crippen LogP contribution in [0.3, 0.4) is 0 Å². The third-order valence-corrected chi connectivity index (χ3v) is 4.68. The Kier molecular flexibility index (Phi) is 5.45.